The van der Waals surface area contributed by atoms with Crippen molar-refractivity contribution in [2.24, 2.45) is 5.41 Å². The molecule has 25 heavy (non-hydrogen) atoms. The average Bonchev–Trinajstić information content (AvgIpc) is 3.14. The molecule has 2 atom stereocenters. The first-order valence-electron chi connectivity index (χ1n) is 8.33. The van der Waals surface area contributed by atoms with E-state index in [1.54, 1.807) is 12.2 Å². The van der Waals surface area contributed by atoms with E-state index in [4.69, 9.17) is 0 Å². The molecule has 0 heterocycles. The molecule has 0 radical (unpaired) electrons. The highest BCUT2D eigenvalue weighted by Crippen LogP contribution is 2.57. The molecule has 4 rings (SSSR count). The van der Waals surface area contributed by atoms with Crippen LogP contribution in [0, 0.1) is 5.41 Å². The standard InChI is InChI=1S/C21H20O4/c22-11-21(12-23,19-15-7-3-1-5-13(15)9-17(19)24)20-16-8-4-2-6-14(16)10-18(20)25/h1-10,19-20,22-25H,11-12H2. The maximum absolute atomic E-state index is 10.6. The second-order valence-corrected chi connectivity index (χ2v) is 6.81. The van der Waals surface area contributed by atoms with Gasteiger partial charge in [-0.05, 0) is 34.4 Å². The molecular formula is C21H20O4. The summed E-state index contributed by atoms with van der Waals surface area (Å²) in [6, 6.07) is 15.1. The van der Waals surface area contributed by atoms with Crippen LogP contribution >= 0.6 is 0 Å². The minimum Gasteiger partial charge on any atom is -0.512 e. The SMILES string of the molecule is OCC(CO)(C1C(O)=Cc2ccccc21)C1C(O)=Cc2ccccc21. The molecule has 128 valence electrons. The smallest absolute Gasteiger partial charge is 0.101 e. The molecule has 2 aromatic carbocycles. The van der Waals surface area contributed by atoms with Crippen LogP contribution in [0.5, 0.6) is 0 Å². The topological polar surface area (TPSA) is 80.9 Å². The van der Waals surface area contributed by atoms with Gasteiger partial charge in [0.15, 0.2) is 0 Å². The van der Waals surface area contributed by atoms with Gasteiger partial charge < -0.3 is 20.4 Å². The van der Waals surface area contributed by atoms with E-state index in [1.807, 2.05) is 48.5 Å². The van der Waals surface area contributed by atoms with Gasteiger partial charge in [0.2, 0.25) is 0 Å². The molecule has 4 N–H and O–H groups in total. The van der Waals surface area contributed by atoms with Crippen molar-refractivity contribution in [2.75, 3.05) is 13.2 Å². The van der Waals surface area contributed by atoms with Gasteiger partial charge in [0, 0.05) is 5.41 Å². The molecule has 2 aliphatic rings. The van der Waals surface area contributed by atoms with Gasteiger partial charge in [-0.3, -0.25) is 0 Å². The van der Waals surface area contributed by atoms with Crippen LogP contribution in [0.1, 0.15) is 34.1 Å². The van der Waals surface area contributed by atoms with Crippen LogP contribution in [0.25, 0.3) is 12.2 Å². The molecule has 2 aromatic rings. The lowest BCUT2D eigenvalue weighted by molar-refractivity contribution is 0.00794. The molecule has 4 nitrogen and oxygen atoms in total. The van der Waals surface area contributed by atoms with Crippen molar-refractivity contribution in [1.29, 1.82) is 0 Å². The maximum Gasteiger partial charge on any atom is 0.101 e. The Morgan fingerprint density at radius 3 is 1.48 bits per heavy atom. The molecule has 0 amide bonds. The number of fused-ring (bicyclic) bond motifs is 2. The predicted molar refractivity (Wildman–Crippen MR) is 96.2 cm³/mol. The number of hydrogen-bond acceptors (Lipinski definition) is 4. The highest BCUT2D eigenvalue weighted by atomic mass is 16.3. The fourth-order valence-corrected chi connectivity index (χ4v) is 4.40. The molecule has 0 aromatic heterocycles. The number of rotatable bonds is 4. The van der Waals surface area contributed by atoms with Gasteiger partial charge in [-0.1, -0.05) is 48.5 Å². The Bertz CT molecular complexity index is 807. The number of aliphatic hydroxyl groups is 4. The number of hydrogen-bond donors (Lipinski definition) is 4. The summed E-state index contributed by atoms with van der Waals surface area (Å²) in [5, 5.41) is 42.0. The molecule has 0 fully saturated rings. The normalized spacial score (nSPS) is 21.5. The lowest BCUT2D eigenvalue weighted by Crippen LogP contribution is -2.43. The van der Waals surface area contributed by atoms with Gasteiger partial charge in [-0.2, -0.15) is 0 Å². The summed E-state index contributed by atoms with van der Waals surface area (Å²) in [7, 11) is 0. The van der Waals surface area contributed by atoms with E-state index in [2.05, 4.69) is 0 Å². The van der Waals surface area contributed by atoms with Crippen molar-refractivity contribution in [1.82, 2.24) is 0 Å². The number of benzene rings is 2. The van der Waals surface area contributed by atoms with Gasteiger partial charge in [0.25, 0.3) is 0 Å². The highest BCUT2D eigenvalue weighted by Gasteiger charge is 2.53. The average molecular weight is 336 g/mol. The molecule has 2 aliphatic carbocycles. The van der Waals surface area contributed by atoms with Crippen molar-refractivity contribution in [3.8, 4) is 0 Å². The first-order chi connectivity index (χ1) is 12.1. The van der Waals surface area contributed by atoms with E-state index in [-0.39, 0.29) is 24.7 Å². The van der Waals surface area contributed by atoms with E-state index in [0.717, 1.165) is 22.3 Å². The zero-order valence-corrected chi connectivity index (χ0v) is 13.6. The third-order valence-corrected chi connectivity index (χ3v) is 5.55. The Labute approximate surface area is 146 Å². The fraction of sp³-hybridized carbons (Fsp3) is 0.238. The third kappa shape index (κ3) is 2.15. The summed E-state index contributed by atoms with van der Waals surface area (Å²) < 4.78 is 0. The van der Waals surface area contributed by atoms with E-state index in [0.29, 0.717) is 0 Å². The number of allylic oxidation sites excluding steroid dienone is 2. The summed E-state index contributed by atoms with van der Waals surface area (Å²) in [6.45, 7) is -0.755. The predicted octanol–water partition coefficient (Wildman–Crippen LogP) is 3.35. The Morgan fingerprint density at radius 2 is 1.08 bits per heavy atom. The Hall–Kier alpha value is -2.56. The van der Waals surface area contributed by atoms with Crippen LogP contribution in [0.15, 0.2) is 60.0 Å². The Kier molecular flexibility index (Phi) is 3.67. The Morgan fingerprint density at radius 1 is 0.680 bits per heavy atom. The minimum atomic E-state index is -1.15. The van der Waals surface area contributed by atoms with Crippen molar-refractivity contribution < 1.29 is 20.4 Å². The fourth-order valence-electron chi connectivity index (χ4n) is 4.40. The summed E-state index contributed by atoms with van der Waals surface area (Å²) in [6.07, 6.45) is 3.34. The molecule has 0 saturated carbocycles. The lowest BCUT2D eigenvalue weighted by atomic mass is 9.63. The van der Waals surface area contributed by atoms with E-state index < -0.39 is 17.3 Å². The lowest BCUT2D eigenvalue weighted by Gasteiger charge is -2.42. The largest absolute Gasteiger partial charge is 0.512 e. The second kappa shape index (κ2) is 5.76. The van der Waals surface area contributed by atoms with Crippen molar-refractivity contribution in [2.45, 2.75) is 11.8 Å². The van der Waals surface area contributed by atoms with Crippen LogP contribution in [0.2, 0.25) is 0 Å². The van der Waals surface area contributed by atoms with Gasteiger partial charge in [0.1, 0.15) is 11.5 Å². The van der Waals surface area contributed by atoms with Crippen molar-refractivity contribution in [3.63, 3.8) is 0 Å². The zero-order chi connectivity index (χ0) is 17.6. The molecule has 2 unspecified atom stereocenters. The second-order valence-electron chi connectivity index (χ2n) is 6.81. The minimum absolute atomic E-state index is 0.0986. The van der Waals surface area contributed by atoms with Gasteiger partial charge >= 0.3 is 0 Å². The van der Waals surface area contributed by atoms with E-state index in [1.165, 1.54) is 0 Å². The van der Waals surface area contributed by atoms with Crippen LogP contribution in [-0.2, 0) is 0 Å². The van der Waals surface area contributed by atoms with Gasteiger partial charge in [-0.15, -0.1) is 0 Å². The van der Waals surface area contributed by atoms with Gasteiger partial charge in [0.05, 0.1) is 25.0 Å². The van der Waals surface area contributed by atoms with E-state index >= 15 is 0 Å². The molecule has 0 aliphatic heterocycles. The monoisotopic (exact) mass is 336 g/mol. The number of aliphatic hydroxyl groups excluding tert-OH is 4. The molecule has 4 heteroatoms. The quantitative estimate of drug-likeness (QED) is 0.690. The first-order valence-corrected chi connectivity index (χ1v) is 8.33. The van der Waals surface area contributed by atoms with Crippen LogP contribution < -0.4 is 0 Å². The summed E-state index contributed by atoms with van der Waals surface area (Å²) in [5.41, 5.74) is 2.28. The van der Waals surface area contributed by atoms with Crippen molar-refractivity contribution >= 4 is 12.2 Å². The Balaban J connectivity index is 1.91. The van der Waals surface area contributed by atoms with Crippen LogP contribution in [-0.4, -0.2) is 33.6 Å². The maximum atomic E-state index is 10.6. The summed E-state index contributed by atoms with van der Waals surface area (Å²) >= 11 is 0. The molecule has 0 bridgehead atoms. The van der Waals surface area contributed by atoms with Crippen molar-refractivity contribution in [3.05, 3.63) is 82.3 Å². The van der Waals surface area contributed by atoms with Gasteiger partial charge in [-0.25, -0.2) is 0 Å². The zero-order valence-electron chi connectivity index (χ0n) is 13.6. The van der Waals surface area contributed by atoms with Crippen LogP contribution in [0.3, 0.4) is 0 Å². The molecular weight excluding hydrogens is 316 g/mol. The summed E-state index contributed by atoms with van der Waals surface area (Å²) in [4.78, 5) is 0. The molecule has 0 saturated heterocycles. The van der Waals surface area contributed by atoms with E-state index in [9.17, 15) is 20.4 Å². The summed E-state index contributed by atoms with van der Waals surface area (Å²) in [5.74, 6) is -0.987. The van der Waals surface area contributed by atoms with Crippen LogP contribution in [0.4, 0.5) is 0 Å². The third-order valence-electron chi connectivity index (χ3n) is 5.55. The first kappa shape index (κ1) is 15.9. The molecule has 0 spiro atoms. The highest BCUT2D eigenvalue weighted by molar-refractivity contribution is 5.69.